The standard InChI is InChI=1S/C39H72O4/c1-3-5-7-9-11-13-15-16-17-18-19-20-21-22-23-25-27-29-31-33-35-42-37-38(36-40)43-39(41)34-32-30-28-26-24-14-12-10-8-6-4-2/h10-13,16-17,38,40H,3-9,14-15,18-37H2,1-2H3/b12-10-,13-11-,17-16-. The van der Waals surface area contributed by atoms with Crippen LogP contribution in [0.1, 0.15) is 181 Å². The fourth-order valence-corrected chi connectivity index (χ4v) is 5.10. The van der Waals surface area contributed by atoms with Gasteiger partial charge in [-0.1, -0.05) is 147 Å². The molecule has 1 unspecified atom stereocenters. The Morgan fingerprint density at radius 1 is 0.558 bits per heavy atom. The third kappa shape index (κ3) is 35.0. The van der Waals surface area contributed by atoms with Crippen LogP contribution in [0.3, 0.4) is 0 Å². The van der Waals surface area contributed by atoms with E-state index in [0.717, 1.165) is 25.7 Å². The molecule has 0 fully saturated rings. The van der Waals surface area contributed by atoms with Crippen molar-refractivity contribution in [1.29, 1.82) is 0 Å². The number of carbonyl (C=O) groups excluding carboxylic acids is 1. The summed E-state index contributed by atoms with van der Waals surface area (Å²) in [5.74, 6) is -0.213. The van der Waals surface area contributed by atoms with Crippen molar-refractivity contribution < 1.29 is 19.4 Å². The normalized spacial score (nSPS) is 12.7. The predicted octanol–water partition coefficient (Wildman–Crippen LogP) is 11.8. The minimum atomic E-state index is -0.537. The van der Waals surface area contributed by atoms with Crippen LogP contribution < -0.4 is 0 Å². The number of aliphatic hydroxyl groups excluding tert-OH is 1. The van der Waals surface area contributed by atoms with Gasteiger partial charge < -0.3 is 14.6 Å². The van der Waals surface area contributed by atoms with E-state index in [1.807, 2.05) is 0 Å². The first-order valence-electron chi connectivity index (χ1n) is 18.6. The lowest BCUT2D eigenvalue weighted by Crippen LogP contribution is -2.27. The molecule has 43 heavy (non-hydrogen) atoms. The molecule has 1 atom stereocenters. The minimum absolute atomic E-state index is 0.176. The summed E-state index contributed by atoms with van der Waals surface area (Å²) in [7, 11) is 0. The molecular weight excluding hydrogens is 532 g/mol. The second-order valence-electron chi connectivity index (χ2n) is 12.3. The van der Waals surface area contributed by atoms with Crippen molar-refractivity contribution in [1.82, 2.24) is 0 Å². The maximum Gasteiger partial charge on any atom is 0.306 e. The first-order valence-corrected chi connectivity index (χ1v) is 18.6. The van der Waals surface area contributed by atoms with Crippen LogP contribution in [0, 0.1) is 0 Å². The number of rotatable bonds is 34. The molecule has 1 N–H and O–H groups in total. The topological polar surface area (TPSA) is 55.8 Å². The molecule has 0 aliphatic carbocycles. The van der Waals surface area contributed by atoms with Gasteiger partial charge in [-0.05, 0) is 64.2 Å². The van der Waals surface area contributed by atoms with E-state index in [0.29, 0.717) is 19.6 Å². The lowest BCUT2D eigenvalue weighted by Gasteiger charge is -2.15. The average molecular weight is 605 g/mol. The smallest absolute Gasteiger partial charge is 0.306 e. The monoisotopic (exact) mass is 605 g/mol. The van der Waals surface area contributed by atoms with Gasteiger partial charge in [0.1, 0.15) is 6.10 Å². The van der Waals surface area contributed by atoms with E-state index in [4.69, 9.17) is 9.47 Å². The van der Waals surface area contributed by atoms with Crippen molar-refractivity contribution in [3.8, 4) is 0 Å². The lowest BCUT2D eigenvalue weighted by molar-refractivity contribution is -0.154. The van der Waals surface area contributed by atoms with Gasteiger partial charge in [0.25, 0.3) is 0 Å². The van der Waals surface area contributed by atoms with E-state index in [-0.39, 0.29) is 12.6 Å². The van der Waals surface area contributed by atoms with Crippen LogP contribution in [-0.2, 0) is 14.3 Å². The Kier molecular flexibility index (Phi) is 35.6. The highest BCUT2D eigenvalue weighted by Crippen LogP contribution is 2.13. The van der Waals surface area contributed by atoms with Crippen LogP contribution in [-0.4, -0.2) is 37.0 Å². The molecule has 0 amide bonds. The number of ether oxygens (including phenoxy) is 2. The fourth-order valence-electron chi connectivity index (χ4n) is 5.10. The number of unbranched alkanes of at least 4 members (excludes halogenated alkanes) is 20. The molecule has 0 aromatic heterocycles. The summed E-state index contributed by atoms with van der Waals surface area (Å²) in [6.45, 7) is 5.27. The molecule has 0 spiro atoms. The van der Waals surface area contributed by atoms with E-state index in [1.54, 1.807) is 0 Å². The van der Waals surface area contributed by atoms with Gasteiger partial charge >= 0.3 is 5.97 Å². The number of esters is 1. The minimum Gasteiger partial charge on any atom is -0.457 e. The van der Waals surface area contributed by atoms with Gasteiger partial charge in [0.15, 0.2) is 0 Å². The summed E-state index contributed by atoms with van der Waals surface area (Å²) in [5, 5.41) is 9.54. The molecule has 0 aromatic carbocycles. The quantitative estimate of drug-likeness (QED) is 0.0451. The summed E-state index contributed by atoms with van der Waals surface area (Å²) in [5.41, 5.74) is 0. The average Bonchev–Trinajstić information content (AvgIpc) is 3.01. The first-order chi connectivity index (χ1) is 21.2. The van der Waals surface area contributed by atoms with E-state index >= 15 is 0 Å². The highest BCUT2D eigenvalue weighted by Gasteiger charge is 2.13. The molecule has 0 bridgehead atoms. The number of hydrogen-bond donors (Lipinski definition) is 1. The Bertz CT molecular complexity index is 639. The van der Waals surface area contributed by atoms with Crippen molar-refractivity contribution in [3.05, 3.63) is 36.5 Å². The SMILES string of the molecule is CCCC/C=C\CCCCCCCC(=O)OC(CO)COCCCCCCCCCCCC/C=C\C/C=C\CCCCC. The molecule has 0 radical (unpaired) electrons. The summed E-state index contributed by atoms with van der Waals surface area (Å²) >= 11 is 0. The Morgan fingerprint density at radius 2 is 1.00 bits per heavy atom. The van der Waals surface area contributed by atoms with Gasteiger partial charge in [0.05, 0.1) is 13.2 Å². The highest BCUT2D eigenvalue weighted by atomic mass is 16.6. The predicted molar refractivity (Wildman–Crippen MR) is 187 cm³/mol. The van der Waals surface area contributed by atoms with E-state index in [9.17, 15) is 9.90 Å². The second kappa shape index (κ2) is 36.8. The lowest BCUT2D eigenvalue weighted by atomic mass is 10.1. The summed E-state index contributed by atoms with van der Waals surface area (Å²) < 4.78 is 11.1. The van der Waals surface area contributed by atoms with Crippen molar-refractivity contribution in [3.63, 3.8) is 0 Å². The summed E-state index contributed by atoms with van der Waals surface area (Å²) in [6.07, 6.45) is 44.7. The second-order valence-corrected chi connectivity index (χ2v) is 12.3. The Labute approximate surface area is 268 Å². The summed E-state index contributed by atoms with van der Waals surface area (Å²) in [6, 6.07) is 0. The third-order valence-electron chi connectivity index (χ3n) is 7.94. The van der Waals surface area contributed by atoms with E-state index in [1.165, 1.54) is 135 Å². The third-order valence-corrected chi connectivity index (χ3v) is 7.94. The zero-order valence-corrected chi connectivity index (χ0v) is 28.7. The molecule has 0 saturated carbocycles. The number of carbonyl (C=O) groups is 1. The molecule has 0 aliphatic rings. The van der Waals surface area contributed by atoms with Crippen LogP contribution in [0.2, 0.25) is 0 Å². The zero-order chi connectivity index (χ0) is 31.3. The number of allylic oxidation sites excluding steroid dienone is 6. The van der Waals surface area contributed by atoms with Gasteiger partial charge in [-0.2, -0.15) is 0 Å². The van der Waals surface area contributed by atoms with Crippen molar-refractivity contribution >= 4 is 5.97 Å². The van der Waals surface area contributed by atoms with Gasteiger partial charge in [-0.3, -0.25) is 4.79 Å². The van der Waals surface area contributed by atoms with Crippen LogP contribution in [0.5, 0.6) is 0 Å². The van der Waals surface area contributed by atoms with Crippen LogP contribution in [0.4, 0.5) is 0 Å². The van der Waals surface area contributed by atoms with Crippen LogP contribution in [0.25, 0.3) is 0 Å². The summed E-state index contributed by atoms with van der Waals surface area (Å²) in [4.78, 5) is 12.1. The van der Waals surface area contributed by atoms with Gasteiger partial charge in [0, 0.05) is 13.0 Å². The molecule has 0 heterocycles. The highest BCUT2D eigenvalue weighted by molar-refractivity contribution is 5.69. The Morgan fingerprint density at radius 3 is 1.53 bits per heavy atom. The zero-order valence-electron chi connectivity index (χ0n) is 28.7. The van der Waals surface area contributed by atoms with Crippen molar-refractivity contribution in [2.24, 2.45) is 0 Å². The molecule has 252 valence electrons. The fraction of sp³-hybridized carbons (Fsp3) is 0.821. The number of aliphatic hydroxyl groups is 1. The van der Waals surface area contributed by atoms with Crippen LogP contribution >= 0.6 is 0 Å². The molecule has 0 aromatic rings. The first kappa shape index (κ1) is 41.6. The molecule has 0 aliphatic heterocycles. The van der Waals surface area contributed by atoms with Crippen LogP contribution in [0.15, 0.2) is 36.5 Å². The molecule has 4 nitrogen and oxygen atoms in total. The van der Waals surface area contributed by atoms with Gasteiger partial charge in [-0.15, -0.1) is 0 Å². The Balaban J connectivity index is 3.42. The Hall–Kier alpha value is -1.39. The van der Waals surface area contributed by atoms with Crippen molar-refractivity contribution in [2.75, 3.05) is 19.8 Å². The van der Waals surface area contributed by atoms with E-state index in [2.05, 4.69) is 50.3 Å². The maximum atomic E-state index is 12.1. The van der Waals surface area contributed by atoms with Gasteiger partial charge in [-0.25, -0.2) is 0 Å². The molecular formula is C39H72O4. The number of hydrogen-bond acceptors (Lipinski definition) is 4. The van der Waals surface area contributed by atoms with Crippen molar-refractivity contribution in [2.45, 2.75) is 187 Å². The molecule has 4 heteroatoms. The van der Waals surface area contributed by atoms with Gasteiger partial charge in [0.2, 0.25) is 0 Å². The maximum absolute atomic E-state index is 12.1. The molecule has 0 saturated heterocycles. The largest absolute Gasteiger partial charge is 0.457 e. The van der Waals surface area contributed by atoms with E-state index < -0.39 is 6.10 Å². The molecule has 0 rings (SSSR count).